The number of amides is 1. The van der Waals surface area contributed by atoms with E-state index in [2.05, 4.69) is 10.2 Å². The zero-order valence-electron chi connectivity index (χ0n) is 18.0. The summed E-state index contributed by atoms with van der Waals surface area (Å²) in [5.41, 5.74) is 4.32. The third-order valence-corrected chi connectivity index (χ3v) is 6.00. The predicted octanol–water partition coefficient (Wildman–Crippen LogP) is 4.60. The van der Waals surface area contributed by atoms with E-state index in [-0.39, 0.29) is 0 Å². The molecular weight excluding hydrogens is 414 g/mol. The lowest BCUT2D eigenvalue weighted by atomic mass is 10.0. The van der Waals surface area contributed by atoms with Crippen molar-refractivity contribution in [2.24, 2.45) is 0 Å². The van der Waals surface area contributed by atoms with Crippen molar-refractivity contribution in [3.63, 3.8) is 0 Å². The average Bonchev–Trinajstić information content (AvgIpc) is 3.25. The Balaban J connectivity index is 1.39. The van der Waals surface area contributed by atoms with Crippen molar-refractivity contribution in [2.45, 2.75) is 12.8 Å². The molecule has 0 radical (unpaired) electrons. The molecule has 0 saturated carbocycles. The van der Waals surface area contributed by atoms with E-state index in [9.17, 15) is 14.4 Å². The van der Waals surface area contributed by atoms with Crippen molar-refractivity contribution in [1.82, 2.24) is 4.40 Å². The first-order valence-electron chi connectivity index (χ1n) is 11.0. The molecule has 0 spiro atoms. The Kier molecular flexibility index (Phi) is 5.48. The summed E-state index contributed by atoms with van der Waals surface area (Å²) in [4.78, 5) is 39.8. The van der Waals surface area contributed by atoms with E-state index in [1.165, 1.54) is 0 Å². The van der Waals surface area contributed by atoms with Gasteiger partial charge in [0.15, 0.2) is 0 Å². The lowest BCUT2D eigenvalue weighted by Crippen LogP contribution is -2.33. The van der Waals surface area contributed by atoms with E-state index in [0.29, 0.717) is 43.1 Å². The number of carbonyl (C=O) groups excluding carboxylic acids is 3. The van der Waals surface area contributed by atoms with E-state index in [0.717, 1.165) is 22.3 Å². The minimum Gasteiger partial charge on any atom is -0.371 e. The van der Waals surface area contributed by atoms with Crippen molar-refractivity contribution in [2.75, 3.05) is 23.3 Å². The largest absolute Gasteiger partial charge is 0.371 e. The number of benzene rings is 2. The van der Waals surface area contributed by atoms with Crippen LogP contribution in [0.25, 0.3) is 16.6 Å². The number of rotatable bonds is 5. The zero-order chi connectivity index (χ0) is 22.8. The van der Waals surface area contributed by atoms with E-state index < -0.39 is 11.7 Å². The molecule has 1 amide bonds. The van der Waals surface area contributed by atoms with Gasteiger partial charge in [-0.15, -0.1) is 0 Å². The number of nitrogens with zero attached hydrogens (tertiary/aromatic N) is 2. The third kappa shape index (κ3) is 4.15. The number of hydrogen-bond acceptors (Lipinski definition) is 4. The molecule has 6 heteroatoms. The molecule has 0 aliphatic carbocycles. The number of ketones is 2. The second-order valence-electron chi connectivity index (χ2n) is 8.12. The van der Waals surface area contributed by atoms with Gasteiger partial charge in [0.1, 0.15) is 11.5 Å². The molecule has 2 aromatic carbocycles. The lowest BCUT2D eigenvalue weighted by Gasteiger charge is -2.28. The van der Waals surface area contributed by atoms with Crippen LogP contribution in [0.15, 0.2) is 85.1 Å². The van der Waals surface area contributed by atoms with Crippen LogP contribution in [-0.4, -0.2) is 35.0 Å². The zero-order valence-corrected chi connectivity index (χ0v) is 18.0. The fraction of sp³-hybridized carbons (Fsp3) is 0.148. The normalized spacial score (nSPS) is 13.8. The summed E-state index contributed by atoms with van der Waals surface area (Å²) in [5.74, 6) is -0.993. The van der Waals surface area contributed by atoms with Crippen LogP contribution in [-0.2, 0) is 9.59 Å². The van der Waals surface area contributed by atoms with Crippen LogP contribution in [0.4, 0.5) is 11.4 Å². The summed E-state index contributed by atoms with van der Waals surface area (Å²) in [6.45, 7) is 1.40. The van der Waals surface area contributed by atoms with Gasteiger partial charge in [0.25, 0.3) is 11.7 Å². The molecule has 3 heterocycles. The van der Waals surface area contributed by atoms with Gasteiger partial charge in [-0.25, -0.2) is 0 Å². The number of hydrogen-bond donors (Lipinski definition) is 1. The standard InChI is InChI=1S/C27H23N3O3/c31-23-13-16-29(17-14-23)21-11-9-20(10-12-21)28-27(33)26(32)25-24(19-6-2-1-3-7-19)18-22-8-4-5-15-30(22)25/h1-12,15,18H,13-14,16-17H2,(H,28,33). The van der Waals surface area contributed by atoms with Gasteiger partial charge in [0.05, 0.1) is 0 Å². The van der Waals surface area contributed by atoms with Crippen molar-refractivity contribution in [3.05, 3.63) is 90.8 Å². The van der Waals surface area contributed by atoms with E-state index in [1.807, 2.05) is 66.7 Å². The van der Waals surface area contributed by atoms with Gasteiger partial charge in [0.2, 0.25) is 0 Å². The Labute approximate surface area is 191 Å². The van der Waals surface area contributed by atoms with Crippen LogP contribution in [0.5, 0.6) is 0 Å². The second kappa shape index (κ2) is 8.74. The highest BCUT2D eigenvalue weighted by molar-refractivity contribution is 6.47. The molecule has 2 aromatic heterocycles. The van der Waals surface area contributed by atoms with Gasteiger partial charge < -0.3 is 14.6 Å². The highest BCUT2D eigenvalue weighted by Gasteiger charge is 2.25. The van der Waals surface area contributed by atoms with Crippen molar-refractivity contribution in [1.29, 1.82) is 0 Å². The Morgan fingerprint density at radius 3 is 2.24 bits per heavy atom. The molecule has 4 aromatic rings. The van der Waals surface area contributed by atoms with E-state index >= 15 is 0 Å². The topological polar surface area (TPSA) is 70.9 Å². The molecule has 6 nitrogen and oxygen atoms in total. The Morgan fingerprint density at radius 2 is 1.52 bits per heavy atom. The van der Waals surface area contributed by atoms with Crippen molar-refractivity contribution in [3.8, 4) is 11.1 Å². The second-order valence-corrected chi connectivity index (χ2v) is 8.12. The number of Topliss-reactive ketones (excluding diaryl/α,β-unsaturated/α-hetero) is 2. The van der Waals surface area contributed by atoms with Crippen LogP contribution in [0.3, 0.4) is 0 Å². The first-order chi connectivity index (χ1) is 16.1. The molecule has 1 fully saturated rings. The van der Waals surface area contributed by atoms with Crippen LogP contribution in [0.1, 0.15) is 23.3 Å². The summed E-state index contributed by atoms with van der Waals surface area (Å²) in [6, 6.07) is 24.5. The summed E-state index contributed by atoms with van der Waals surface area (Å²) >= 11 is 0. The lowest BCUT2D eigenvalue weighted by molar-refractivity contribution is -0.119. The Hall–Kier alpha value is -4.19. The minimum absolute atomic E-state index is 0.293. The molecule has 0 bridgehead atoms. The van der Waals surface area contributed by atoms with Crippen molar-refractivity contribution < 1.29 is 14.4 Å². The van der Waals surface area contributed by atoms with Gasteiger partial charge in [-0.1, -0.05) is 36.4 Å². The highest BCUT2D eigenvalue weighted by Crippen LogP contribution is 2.28. The number of pyridine rings is 1. The molecule has 5 rings (SSSR count). The smallest absolute Gasteiger partial charge is 0.298 e. The molecule has 0 atom stereocenters. The molecule has 33 heavy (non-hydrogen) atoms. The maximum absolute atomic E-state index is 13.3. The fourth-order valence-corrected chi connectivity index (χ4v) is 4.26. The maximum atomic E-state index is 13.3. The SMILES string of the molecule is O=C1CCN(c2ccc(NC(=O)C(=O)c3c(-c4ccccc4)cc4ccccn34)cc2)CC1. The summed E-state index contributed by atoms with van der Waals surface area (Å²) in [5, 5.41) is 2.74. The first kappa shape index (κ1) is 20.7. The molecule has 1 aliphatic rings. The van der Waals surface area contributed by atoms with E-state index in [4.69, 9.17) is 0 Å². The van der Waals surface area contributed by atoms with Gasteiger partial charge in [0, 0.05) is 54.6 Å². The summed E-state index contributed by atoms with van der Waals surface area (Å²) in [7, 11) is 0. The molecule has 1 aliphatic heterocycles. The first-order valence-corrected chi connectivity index (χ1v) is 11.0. The Bertz CT molecular complexity index is 1330. The van der Waals surface area contributed by atoms with Crippen LogP contribution >= 0.6 is 0 Å². The number of anilines is 2. The predicted molar refractivity (Wildman–Crippen MR) is 129 cm³/mol. The van der Waals surface area contributed by atoms with Crippen LogP contribution in [0, 0.1) is 0 Å². The highest BCUT2D eigenvalue weighted by atomic mass is 16.2. The maximum Gasteiger partial charge on any atom is 0.298 e. The number of carbonyl (C=O) groups is 3. The fourth-order valence-electron chi connectivity index (χ4n) is 4.26. The molecule has 1 saturated heterocycles. The van der Waals surface area contributed by atoms with Crippen LogP contribution in [0.2, 0.25) is 0 Å². The van der Waals surface area contributed by atoms with Gasteiger partial charge in [-0.2, -0.15) is 0 Å². The number of aromatic nitrogens is 1. The summed E-state index contributed by atoms with van der Waals surface area (Å²) < 4.78 is 1.75. The number of nitrogens with one attached hydrogen (secondary N) is 1. The Morgan fingerprint density at radius 1 is 0.818 bits per heavy atom. The molecule has 164 valence electrons. The third-order valence-electron chi connectivity index (χ3n) is 6.00. The molecule has 1 N–H and O–H groups in total. The molecular formula is C27H23N3O3. The number of piperidine rings is 1. The van der Waals surface area contributed by atoms with Gasteiger partial charge in [-0.3, -0.25) is 14.4 Å². The quantitative estimate of drug-likeness (QED) is 0.366. The van der Waals surface area contributed by atoms with Crippen molar-refractivity contribution >= 4 is 34.4 Å². The minimum atomic E-state index is -0.688. The van der Waals surface area contributed by atoms with Crippen LogP contribution < -0.4 is 10.2 Å². The van der Waals surface area contributed by atoms with Gasteiger partial charge in [-0.05, 0) is 48.0 Å². The van der Waals surface area contributed by atoms with E-state index in [1.54, 1.807) is 22.7 Å². The molecule has 0 unspecified atom stereocenters. The monoisotopic (exact) mass is 437 g/mol. The van der Waals surface area contributed by atoms with Gasteiger partial charge >= 0.3 is 0 Å². The average molecular weight is 437 g/mol. The number of fused-ring (bicyclic) bond motifs is 1. The summed E-state index contributed by atoms with van der Waals surface area (Å²) in [6.07, 6.45) is 2.91.